The number of rotatable bonds is 5. The highest BCUT2D eigenvalue weighted by Crippen LogP contribution is 2.58. The Morgan fingerprint density at radius 3 is 2.86 bits per heavy atom. The number of nitrogens with zero attached hydrogens (tertiary/aromatic N) is 1. The van der Waals surface area contributed by atoms with Gasteiger partial charge in [-0.15, -0.1) is 0 Å². The molecule has 2 saturated carbocycles. The Hall–Kier alpha value is -1.33. The van der Waals surface area contributed by atoms with E-state index >= 15 is 0 Å². The Bertz CT molecular complexity index is 560. The van der Waals surface area contributed by atoms with Crippen LogP contribution < -0.4 is 5.32 Å². The summed E-state index contributed by atoms with van der Waals surface area (Å²) < 4.78 is 5.81. The molecule has 114 valence electrons. The van der Waals surface area contributed by atoms with Gasteiger partial charge in [0.15, 0.2) is 0 Å². The zero-order valence-corrected chi connectivity index (χ0v) is 12.7. The lowest BCUT2D eigenvalue weighted by atomic mass is 9.51. The number of halogens is 1. The first-order valence-corrected chi connectivity index (χ1v) is 7.76. The SMILES string of the molecule is CCOC1CC(Nc2cc(Cl)ccc2[N+](=O)[O-])C12CCC2. The largest absolute Gasteiger partial charge is 0.378 e. The van der Waals surface area contributed by atoms with Crippen molar-refractivity contribution in [2.24, 2.45) is 5.41 Å². The lowest BCUT2D eigenvalue weighted by molar-refractivity contribution is -0.384. The van der Waals surface area contributed by atoms with Gasteiger partial charge in [-0.1, -0.05) is 18.0 Å². The number of hydrogen-bond donors (Lipinski definition) is 1. The molecule has 0 bridgehead atoms. The topological polar surface area (TPSA) is 64.4 Å². The summed E-state index contributed by atoms with van der Waals surface area (Å²) in [5.41, 5.74) is 0.749. The summed E-state index contributed by atoms with van der Waals surface area (Å²) in [4.78, 5) is 10.8. The summed E-state index contributed by atoms with van der Waals surface area (Å²) in [7, 11) is 0. The van der Waals surface area contributed by atoms with Crippen LogP contribution in [0.2, 0.25) is 5.02 Å². The van der Waals surface area contributed by atoms with Crippen molar-refractivity contribution < 1.29 is 9.66 Å². The molecule has 5 nitrogen and oxygen atoms in total. The normalized spacial score (nSPS) is 26.0. The fourth-order valence-electron chi connectivity index (χ4n) is 3.61. The van der Waals surface area contributed by atoms with Crippen LogP contribution >= 0.6 is 11.6 Å². The van der Waals surface area contributed by atoms with Crippen molar-refractivity contribution in [3.63, 3.8) is 0 Å². The van der Waals surface area contributed by atoms with Gasteiger partial charge in [0, 0.05) is 29.2 Å². The Kier molecular flexibility index (Phi) is 3.80. The van der Waals surface area contributed by atoms with E-state index in [1.807, 2.05) is 6.92 Å². The number of nitro groups is 1. The van der Waals surface area contributed by atoms with E-state index in [-0.39, 0.29) is 28.2 Å². The standard InChI is InChI=1S/C15H19ClN2O3/c1-2-21-14-9-13(15(14)6-3-7-15)17-11-8-10(16)4-5-12(11)18(19)20/h4-5,8,13-14,17H,2-3,6-7,9H2,1H3. The smallest absolute Gasteiger partial charge is 0.292 e. The maximum Gasteiger partial charge on any atom is 0.292 e. The van der Waals surface area contributed by atoms with Crippen LogP contribution in [0.4, 0.5) is 11.4 Å². The lowest BCUT2D eigenvalue weighted by Gasteiger charge is -2.61. The average molecular weight is 311 g/mol. The first-order valence-electron chi connectivity index (χ1n) is 7.39. The molecule has 0 saturated heterocycles. The fourth-order valence-corrected chi connectivity index (χ4v) is 3.78. The van der Waals surface area contributed by atoms with Gasteiger partial charge in [0.25, 0.3) is 5.69 Å². The highest BCUT2D eigenvalue weighted by atomic mass is 35.5. The first kappa shape index (κ1) is 14.6. The predicted molar refractivity (Wildman–Crippen MR) is 81.8 cm³/mol. The lowest BCUT2D eigenvalue weighted by Crippen LogP contribution is -2.64. The van der Waals surface area contributed by atoms with Crippen molar-refractivity contribution in [1.29, 1.82) is 0 Å². The Morgan fingerprint density at radius 1 is 1.52 bits per heavy atom. The molecule has 1 aromatic carbocycles. The van der Waals surface area contributed by atoms with Crippen molar-refractivity contribution in [3.8, 4) is 0 Å². The van der Waals surface area contributed by atoms with Crippen molar-refractivity contribution in [3.05, 3.63) is 33.3 Å². The highest BCUT2D eigenvalue weighted by molar-refractivity contribution is 6.31. The minimum absolute atomic E-state index is 0.0775. The maximum absolute atomic E-state index is 11.1. The van der Waals surface area contributed by atoms with E-state index in [9.17, 15) is 10.1 Å². The van der Waals surface area contributed by atoms with Crippen molar-refractivity contribution in [1.82, 2.24) is 0 Å². The molecule has 0 radical (unpaired) electrons. The van der Waals surface area contributed by atoms with Crippen LogP contribution in [0.3, 0.4) is 0 Å². The zero-order valence-electron chi connectivity index (χ0n) is 12.0. The monoisotopic (exact) mass is 310 g/mol. The van der Waals surface area contributed by atoms with Gasteiger partial charge in [-0.2, -0.15) is 0 Å². The van der Waals surface area contributed by atoms with Crippen molar-refractivity contribution in [2.75, 3.05) is 11.9 Å². The van der Waals surface area contributed by atoms with Gasteiger partial charge in [0.1, 0.15) is 5.69 Å². The third-order valence-electron chi connectivity index (χ3n) is 4.92. The van der Waals surface area contributed by atoms with E-state index in [0.717, 1.165) is 25.9 Å². The second-order valence-corrected chi connectivity index (χ2v) is 6.32. The molecule has 2 fully saturated rings. The number of anilines is 1. The molecule has 3 rings (SSSR count). The summed E-state index contributed by atoms with van der Waals surface area (Å²) in [5.74, 6) is 0. The van der Waals surface area contributed by atoms with E-state index in [0.29, 0.717) is 10.7 Å². The maximum atomic E-state index is 11.1. The van der Waals surface area contributed by atoms with Gasteiger partial charge >= 0.3 is 0 Å². The molecular formula is C15H19ClN2O3. The zero-order chi connectivity index (χ0) is 15.0. The van der Waals surface area contributed by atoms with Gasteiger partial charge in [-0.3, -0.25) is 10.1 Å². The molecule has 0 amide bonds. The van der Waals surface area contributed by atoms with Crippen molar-refractivity contribution in [2.45, 2.75) is 44.8 Å². The van der Waals surface area contributed by atoms with Crippen LogP contribution in [-0.4, -0.2) is 23.7 Å². The third kappa shape index (κ3) is 2.38. The number of ether oxygens (including phenoxy) is 1. The molecule has 6 heteroatoms. The molecule has 2 aliphatic rings. The second-order valence-electron chi connectivity index (χ2n) is 5.88. The Labute approximate surface area is 128 Å². The molecule has 21 heavy (non-hydrogen) atoms. The molecule has 0 heterocycles. The summed E-state index contributed by atoms with van der Waals surface area (Å²) in [5, 5.41) is 15.0. The molecule has 0 aromatic heterocycles. The van der Waals surface area contributed by atoms with Crippen LogP contribution in [0.15, 0.2) is 18.2 Å². The molecule has 2 aliphatic carbocycles. The summed E-state index contributed by atoms with van der Waals surface area (Å²) >= 11 is 5.98. The van der Waals surface area contributed by atoms with Crippen LogP contribution in [-0.2, 0) is 4.74 Å². The summed E-state index contributed by atoms with van der Waals surface area (Å²) in [6.45, 7) is 2.73. The predicted octanol–water partition coefficient (Wildman–Crippen LogP) is 4.01. The highest BCUT2D eigenvalue weighted by Gasteiger charge is 2.59. The van der Waals surface area contributed by atoms with E-state index in [4.69, 9.17) is 16.3 Å². The van der Waals surface area contributed by atoms with Crippen molar-refractivity contribution >= 4 is 23.0 Å². The second kappa shape index (κ2) is 5.46. The Balaban J connectivity index is 1.79. The molecule has 2 atom stereocenters. The number of hydrogen-bond acceptors (Lipinski definition) is 4. The molecule has 1 N–H and O–H groups in total. The molecule has 0 aliphatic heterocycles. The minimum atomic E-state index is -0.370. The quantitative estimate of drug-likeness (QED) is 0.659. The van der Waals surface area contributed by atoms with E-state index in [1.54, 1.807) is 12.1 Å². The summed E-state index contributed by atoms with van der Waals surface area (Å²) in [6.07, 6.45) is 4.65. The third-order valence-corrected chi connectivity index (χ3v) is 5.16. The van der Waals surface area contributed by atoms with Crippen LogP contribution in [0.1, 0.15) is 32.6 Å². The number of nitro benzene ring substituents is 1. The van der Waals surface area contributed by atoms with Gasteiger partial charge in [0.05, 0.1) is 11.0 Å². The average Bonchev–Trinajstić information content (AvgIpc) is 2.35. The molecule has 1 aromatic rings. The molecular weight excluding hydrogens is 292 g/mol. The summed E-state index contributed by atoms with van der Waals surface area (Å²) in [6, 6.07) is 4.88. The van der Waals surface area contributed by atoms with Crippen LogP contribution in [0.25, 0.3) is 0 Å². The van der Waals surface area contributed by atoms with E-state index in [1.165, 1.54) is 12.5 Å². The van der Waals surface area contributed by atoms with Gasteiger partial charge in [0.2, 0.25) is 0 Å². The molecule has 1 spiro atoms. The minimum Gasteiger partial charge on any atom is -0.378 e. The van der Waals surface area contributed by atoms with Crippen LogP contribution in [0.5, 0.6) is 0 Å². The van der Waals surface area contributed by atoms with Gasteiger partial charge < -0.3 is 10.1 Å². The number of nitrogens with one attached hydrogen (secondary N) is 1. The van der Waals surface area contributed by atoms with Gasteiger partial charge in [-0.25, -0.2) is 0 Å². The molecule has 2 unspecified atom stereocenters. The number of benzene rings is 1. The van der Waals surface area contributed by atoms with E-state index < -0.39 is 0 Å². The van der Waals surface area contributed by atoms with Crippen LogP contribution in [0, 0.1) is 15.5 Å². The first-order chi connectivity index (χ1) is 10.1. The Morgan fingerprint density at radius 2 is 2.29 bits per heavy atom. The van der Waals surface area contributed by atoms with E-state index in [2.05, 4.69) is 5.32 Å². The van der Waals surface area contributed by atoms with Gasteiger partial charge in [-0.05, 0) is 38.3 Å². The fraction of sp³-hybridized carbons (Fsp3) is 0.600.